The Morgan fingerprint density at radius 2 is 1.11 bits per heavy atom. The Bertz CT molecular complexity index is 550. The summed E-state index contributed by atoms with van der Waals surface area (Å²) in [4.78, 5) is 0.957. The number of hydrogen-bond acceptors (Lipinski definition) is 1. The second-order valence-corrected chi connectivity index (χ2v) is 6.04. The Kier molecular flexibility index (Phi) is 6.98. The van der Waals surface area contributed by atoms with Gasteiger partial charge < -0.3 is 10.2 Å². The Morgan fingerprint density at radius 1 is 0.704 bits per heavy atom. The maximum atomic E-state index is 13.6. The fraction of sp³-hybridized carbons (Fsp3) is 0.769. The number of thiocarbonyl (C=S) groups is 1. The van der Waals surface area contributed by atoms with Crippen molar-refractivity contribution >= 4 is 17.3 Å². The third-order valence-corrected chi connectivity index (χ3v) is 3.97. The highest BCUT2D eigenvalue weighted by Crippen LogP contribution is 2.48. The van der Waals surface area contributed by atoms with Crippen LogP contribution >= 0.6 is 12.2 Å². The van der Waals surface area contributed by atoms with Crippen molar-refractivity contribution in [3.63, 3.8) is 0 Å². The molecule has 1 aliphatic heterocycles. The van der Waals surface area contributed by atoms with Crippen molar-refractivity contribution in [3.8, 4) is 0 Å². The molecule has 1 rings (SSSR count). The summed E-state index contributed by atoms with van der Waals surface area (Å²) in [6, 6.07) is 0. The monoisotopic (exact) mass is 438 g/mol. The third kappa shape index (κ3) is 5.82. The predicted octanol–water partition coefficient (Wildman–Crippen LogP) is 5.31. The fourth-order valence-electron chi connectivity index (χ4n) is 2.34. The predicted molar refractivity (Wildman–Crippen MR) is 75.9 cm³/mol. The van der Waals surface area contributed by atoms with Gasteiger partial charge in [0.05, 0.1) is 0 Å². The van der Waals surface area contributed by atoms with Crippen LogP contribution in [-0.4, -0.2) is 47.6 Å². The summed E-state index contributed by atoms with van der Waals surface area (Å²) in [6.07, 6.45) is -17.7. The van der Waals surface area contributed by atoms with Gasteiger partial charge in [-0.2, -0.15) is 48.3 Å². The lowest BCUT2D eigenvalue weighted by Crippen LogP contribution is -2.51. The third-order valence-electron chi connectivity index (χ3n) is 3.61. The van der Waals surface area contributed by atoms with Gasteiger partial charge in [-0.25, -0.2) is 0 Å². The molecule has 1 heterocycles. The molecule has 0 aromatic carbocycles. The van der Waals surface area contributed by atoms with Crippen molar-refractivity contribution in [3.05, 3.63) is 11.3 Å². The molecule has 0 aliphatic carbocycles. The molecular formula is C13H13F11N2S. The minimum Gasteiger partial charge on any atom is -0.349 e. The molecule has 0 radical (unpaired) electrons. The quantitative estimate of drug-likeness (QED) is 0.465. The van der Waals surface area contributed by atoms with Gasteiger partial charge in [-0.15, -0.1) is 0 Å². The number of rotatable bonds is 2. The molecule has 1 N–H and O–H groups in total. The largest absolute Gasteiger partial charge is 0.459 e. The van der Waals surface area contributed by atoms with Crippen molar-refractivity contribution in [1.29, 1.82) is 0 Å². The van der Waals surface area contributed by atoms with Crippen LogP contribution in [0, 0.1) is 0 Å². The minimum atomic E-state index is -6.72. The number of alkyl halides is 11. The van der Waals surface area contributed by atoms with E-state index in [-0.39, 0.29) is 13.1 Å². The van der Waals surface area contributed by atoms with Gasteiger partial charge in [0.15, 0.2) is 10.7 Å². The zero-order chi connectivity index (χ0) is 21.3. The van der Waals surface area contributed by atoms with Gasteiger partial charge in [-0.1, -0.05) is 12.8 Å². The number of allylic oxidation sites excluding steroid dienone is 2. The molecule has 1 aliphatic rings. The number of halogens is 11. The van der Waals surface area contributed by atoms with Crippen molar-refractivity contribution in [2.45, 2.75) is 50.1 Å². The zero-order valence-corrected chi connectivity index (χ0v) is 14.1. The highest BCUT2D eigenvalue weighted by Gasteiger charge is 2.66. The molecule has 14 heteroatoms. The summed E-state index contributed by atoms with van der Waals surface area (Å²) in [7, 11) is 0. The van der Waals surface area contributed by atoms with Crippen LogP contribution in [0.2, 0.25) is 0 Å². The molecular weight excluding hydrogens is 425 g/mol. The molecule has 158 valence electrons. The van der Waals surface area contributed by atoms with Gasteiger partial charge >= 0.3 is 24.5 Å². The summed E-state index contributed by atoms with van der Waals surface area (Å²) >= 11 is 4.51. The van der Waals surface area contributed by atoms with Crippen LogP contribution < -0.4 is 5.32 Å². The number of nitrogens with one attached hydrogen (secondary N) is 1. The number of likely N-dealkylation sites (tertiary alicyclic amines) is 1. The summed E-state index contributed by atoms with van der Waals surface area (Å²) in [5.74, 6) is -6.47. The van der Waals surface area contributed by atoms with Crippen LogP contribution in [0.5, 0.6) is 0 Å². The number of nitrogens with zero attached hydrogens (tertiary/aromatic N) is 1. The van der Waals surface area contributed by atoms with E-state index in [1.807, 2.05) is 0 Å². The van der Waals surface area contributed by atoms with Crippen molar-refractivity contribution in [2.75, 3.05) is 13.1 Å². The zero-order valence-electron chi connectivity index (χ0n) is 13.3. The second-order valence-electron chi connectivity index (χ2n) is 5.65. The van der Waals surface area contributed by atoms with E-state index in [1.165, 1.54) is 0 Å². The van der Waals surface area contributed by atoms with Crippen molar-refractivity contribution < 1.29 is 48.3 Å². The molecule has 2 nitrogen and oxygen atoms in total. The lowest BCUT2D eigenvalue weighted by atomic mass is 10.1. The smallest absolute Gasteiger partial charge is 0.349 e. The van der Waals surface area contributed by atoms with Gasteiger partial charge in [0.2, 0.25) is 0 Å². The van der Waals surface area contributed by atoms with Gasteiger partial charge in [0, 0.05) is 13.1 Å². The average molecular weight is 438 g/mol. The molecule has 0 aromatic heterocycles. The first-order chi connectivity index (χ1) is 12.0. The van der Waals surface area contributed by atoms with E-state index < -0.39 is 40.8 Å². The Morgan fingerprint density at radius 3 is 1.44 bits per heavy atom. The van der Waals surface area contributed by atoms with Gasteiger partial charge in [-0.05, 0) is 25.1 Å². The first-order valence-corrected chi connectivity index (χ1v) is 7.80. The van der Waals surface area contributed by atoms with E-state index in [4.69, 9.17) is 0 Å². The molecule has 0 amide bonds. The molecule has 0 atom stereocenters. The second kappa shape index (κ2) is 7.95. The summed E-state index contributed by atoms with van der Waals surface area (Å²) in [6.45, 7) is -0.0197. The van der Waals surface area contributed by atoms with Gasteiger partial charge in [-0.3, -0.25) is 0 Å². The average Bonchev–Trinajstić information content (AvgIpc) is 2.71. The molecule has 0 saturated carbocycles. The fourth-order valence-corrected chi connectivity index (χ4v) is 2.63. The highest BCUT2D eigenvalue weighted by atomic mass is 32.1. The maximum absolute atomic E-state index is 13.6. The van der Waals surface area contributed by atoms with Gasteiger partial charge in [0.1, 0.15) is 5.70 Å². The minimum absolute atomic E-state index is 0.00985. The summed E-state index contributed by atoms with van der Waals surface area (Å²) in [5, 5.41) is -0.166. The first kappa shape index (κ1) is 23.7. The van der Waals surface area contributed by atoms with E-state index in [0.29, 0.717) is 25.7 Å². The van der Waals surface area contributed by atoms with E-state index >= 15 is 0 Å². The number of hydrogen-bond donors (Lipinski definition) is 1. The van der Waals surface area contributed by atoms with Crippen LogP contribution in [0.25, 0.3) is 0 Å². The van der Waals surface area contributed by atoms with Crippen LogP contribution in [0.4, 0.5) is 48.3 Å². The van der Waals surface area contributed by atoms with Crippen LogP contribution in [0.3, 0.4) is 0 Å². The molecule has 0 unspecified atom stereocenters. The Labute approximate surface area is 151 Å². The molecule has 0 aromatic rings. The summed E-state index contributed by atoms with van der Waals surface area (Å²) in [5.41, 5.74) is -7.38. The lowest BCUT2D eigenvalue weighted by molar-refractivity contribution is -0.269. The summed E-state index contributed by atoms with van der Waals surface area (Å²) < 4.78 is 141. The van der Waals surface area contributed by atoms with E-state index in [9.17, 15) is 48.3 Å². The molecule has 27 heavy (non-hydrogen) atoms. The molecule has 0 spiro atoms. The molecule has 1 fully saturated rings. The van der Waals surface area contributed by atoms with Crippen LogP contribution in [-0.2, 0) is 0 Å². The van der Waals surface area contributed by atoms with E-state index in [0.717, 1.165) is 10.2 Å². The SMILES string of the molecule is FC(F)(F)C(=C(NC(=S)N1CCCCCC1)C(F)(F)C(F)(F)F)C(F)(F)F. The topological polar surface area (TPSA) is 15.3 Å². The van der Waals surface area contributed by atoms with Crippen molar-refractivity contribution in [2.24, 2.45) is 0 Å². The lowest BCUT2D eigenvalue weighted by Gasteiger charge is -2.31. The maximum Gasteiger partial charge on any atom is 0.459 e. The van der Waals surface area contributed by atoms with E-state index in [2.05, 4.69) is 12.2 Å². The van der Waals surface area contributed by atoms with E-state index in [1.54, 1.807) is 0 Å². The molecule has 1 saturated heterocycles. The highest BCUT2D eigenvalue weighted by molar-refractivity contribution is 7.80. The standard InChI is InChI=1S/C13H13F11N2S/c14-10(15,13(22,23)24)8(7(11(16,17)18)12(19,20)21)25-9(27)26-5-3-1-2-4-6-26/h1-6H2,(H,25,27). The Hall–Kier alpha value is -1.34. The normalized spacial score (nSPS) is 17.4. The van der Waals surface area contributed by atoms with Gasteiger partial charge in [0.25, 0.3) is 0 Å². The van der Waals surface area contributed by atoms with Crippen LogP contribution in [0.1, 0.15) is 25.7 Å². The first-order valence-electron chi connectivity index (χ1n) is 7.39. The Balaban J connectivity index is 3.50. The molecule has 0 bridgehead atoms. The van der Waals surface area contributed by atoms with Crippen molar-refractivity contribution in [1.82, 2.24) is 10.2 Å². The van der Waals surface area contributed by atoms with Crippen LogP contribution in [0.15, 0.2) is 11.3 Å².